The zero-order valence-electron chi connectivity index (χ0n) is 15.0. The van der Waals surface area contributed by atoms with Gasteiger partial charge in [0.2, 0.25) is 11.8 Å². The molecule has 8 nitrogen and oxygen atoms in total. The summed E-state index contributed by atoms with van der Waals surface area (Å²) < 4.78 is 30.6. The van der Waals surface area contributed by atoms with Gasteiger partial charge < -0.3 is 15.4 Å². The maximum absolute atomic E-state index is 12.2. The first-order valence-corrected chi connectivity index (χ1v) is 10.3. The zero-order chi connectivity index (χ0) is 19.9. The Morgan fingerprint density at radius 3 is 2.41 bits per heavy atom. The van der Waals surface area contributed by atoms with E-state index in [1.807, 2.05) is 12.1 Å². The molecule has 1 aromatic heterocycles. The summed E-state index contributed by atoms with van der Waals surface area (Å²) in [5, 5.41) is 6.73. The lowest BCUT2D eigenvalue weighted by Gasteiger charge is -2.15. The number of likely N-dealkylation sites (N-methyl/N-ethyl adjacent to an activating group) is 1. The Hall–Kier alpha value is -2.43. The summed E-state index contributed by atoms with van der Waals surface area (Å²) in [4.78, 5) is 23.7. The number of carbonyl (C=O) groups excluding carboxylic acids is 2. The van der Waals surface area contributed by atoms with E-state index in [1.54, 1.807) is 30.7 Å². The van der Waals surface area contributed by atoms with Gasteiger partial charge in [0, 0.05) is 13.6 Å². The van der Waals surface area contributed by atoms with Crippen LogP contribution in [0.2, 0.25) is 0 Å². The van der Waals surface area contributed by atoms with Crippen molar-refractivity contribution in [3.8, 4) is 5.75 Å². The van der Waals surface area contributed by atoms with Gasteiger partial charge in [-0.2, -0.15) is 4.31 Å². The van der Waals surface area contributed by atoms with Gasteiger partial charge in [0.15, 0.2) is 0 Å². The Kier molecular flexibility index (Phi) is 7.34. The van der Waals surface area contributed by atoms with Crippen LogP contribution in [0.1, 0.15) is 5.56 Å². The number of hydrogen-bond donors (Lipinski definition) is 2. The van der Waals surface area contributed by atoms with Gasteiger partial charge in [-0.05, 0) is 29.1 Å². The molecule has 2 rings (SSSR count). The smallest absolute Gasteiger partial charge is 0.252 e. The minimum Gasteiger partial charge on any atom is -0.497 e. The summed E-state index contributed by atoms with van der Waals surface area (Å²) in [5.41, 5.74) is 0.886. The molecule has 1 heterocycles. The molecule has 2 amide bonds. The third-order valence-electron chi connectivity index (χ3n) is 3.62. The summed E-state index contributed by atoms with van der Waals surface area (Å²) in [6.45, 7) is -0.292. The van der Waals surface area contributed by atoms with Crippen LogP contribution in [0.15, 0.2) is 46.0 Å². The fourth-order valence-corrected chi connectivity index (χ4v) is 4.42. The van der Waals surface area contributed by atoms with Crippen molar-refractivity contribution >= 4 is 33.2 Å². The summed E-state index contributed by atoms with van der Waals surface area (Å²) in [5.74, 6) is -0.209. The fourth-order valence-electron chi connectivity index (χ4n) is 2.09. The van der Waals surface area contributed by atoms with Gasteiger partial charge in [-0.15, -0.1) is 11.3 Å². The predicted octanol–water partition coefficient (Wildman–Crippen LogP) is 0.810. The number of thiophene rings is 1. The van der Waals surface area contributed by atoms with E-state index in [9.17, 15) is 18.0 Å². The van der Waals surface area contributed by atoms with E-state index in [2.05, 4.69) is 10.6 Å². The number of amides is 2. The zero-order valence-corrected chi connectivity index (χ0v) is 16.6. The van der Waals surface area contributed by atoms with Crippen molar-refractivity contribution < 1.29 is 22.7 Å². The van der Waals surface area contributed by atoms with Crippen molar-refractivity contribution in [2.45, 2.75) is 10.8 Å². The van der Waals surface area contributed by atoms with Crippen LogP contribution < -0.4 is 15.4 Å². The van der Waals surface area contributed by atoms with Crippen molar-refractivity contribution in [1.29, 1.82) is 0 Å². The van der Waals surface area contributed by atoms with Gasteiger partial charge in [-0.25, -0.2) is 8.42 Å². The van der Waals surface area contributed by atoms with Gasteiger partial charge in [0.1, 0.15) is 9.96 Å². The van der Waals surface area contributed by atoms with Gasteiger partial charge >= 0.3 is 0 Å². The van der Waals surface area contributed by atoms with Crippen molar-refractivity contribution in [3.05, 3.63) is 47.3 Å². The van der Waals surface area contributed by atoms with Crippen molar-refractivity contribution in [3.63, 3.8) is 0 Å². The van der Waals surface area contributed by atoms with Crippen LogP contribution in [-0.2, 0) is 26.2 Å². The number of sulfonamides is 1. The average molecular weight is 412 g/mol. The molecule has 0 bridgehead atoms. The highest BCUT2D eigenvalue weighted by Crippen LogP contribution is 2.19. The van der Waals surface area contributed by atoms with E-state index in [4.69, 9.17) is 4.74 Å². The molecule has 27 heavy (non-hydrogen) atoms. The van der Waals surface area contributed by atoms with Crippen LogP contribution in [0.4, 0.5) is 0 Å². The summed E-state index contributed by atoms with van der Waals surface area (Å²) >= 11 is 1.08. The normalized spacial score (nSPS) is 11.2. The summed E-state index contributed by atoms with van der Waals surface area (Å²) in [6.07, 6.45) is 0. The van der Waals surface area contributed by atoms with Gasteiger partial charge in [-0.3, -0.25) is 9.59 Å². The SMILES string of the molecule is COc1ccc(CNC(=O)CNC(=O)CN(C)S(=O)(=O)c2cccs2)cc1. The quantitative estimate of drug-likeness (QED) is 0.635. The van der Waals surface area contributed by atoms with Gasteiger partial charge in [0.25, 0.3) is 10.0 Å². The van der Waals surface area contributed by atoms with E-state index in [1.165, 1.54) is 13.1 Å². The number of benzene rings is 1. The lowest BCUT2D eigenvalue weighted by molar-refractivity contribution is -0.126. The van der Waals surface area contributed by atoms with Crippen molar-refractivity contribution in [2.75, 3.05) is 27.2 Å². The highest BCUT2D eigenvalue weighted by atomic mass is 32.2. The summed E-state index contributed by atoms with van der Waals surface area (Å²) in [6, 6.07) is 10.3. The van der Waals surface area contributed by atoms with Crippen LogP contribution in [0.25, 0.3) is 0 Å². The highest BCUT2D eigenvalue weighted by molar-refractivity contribution is 7.91. The van der Waals surface area contributed by atoms with Crippen molar-refractivity contribution in [1.82, 2.24) is 14.9 Å². The topological polar surface area (TPSA) is 105 Å². The largest absolute Gasteiger partial charge is 0.497 e. The molecular weight excluding hydrogens is 390 g/mol. The number of nitrogens with one attached hydrogen (secondary N) is 2. The number of carbonyl (C=O) groups is 2. The van der Waals surface area contributed by atoms with Crippen LogP contribution >= 0.6 is 11.3 Å². The molecular formula is C17H21N3O5S2. The maximum atomic E-state index is 12.2. The lowest BCUT2D eigenvalue weighted by atomic mass is 10.2. The first-order valence-electron chi connectivity index (χ1n) is 7.99. The Morgan fingerprint density at radius 2 is 1.81 bits per heavy atom. The second kappa shape index (κ2) is 9.49. The minimum atomic E-state index is -3.70. The molecule has 0 radical (unpaired) electrons. The fraction of sp³-hybridized carbons (Fsp3) is 0.294. The number of hydrogen-bond acceptors (Lipinski definition) is 6. The number of methoxy groups -OCH3 is 1. The van der Waals surface area contributed by atoms with E-state index >= 15 is 0 Å². The van der Waals surface area contributed by atoms with Crippen LogP contribution in [0, 0.1) is 0 Å². The van der Waals surface area contributed by atoms with E-state index in [-0.39, 0.29) is 23.2 Å². The Labute approximate surface area is 162 Å². The molecule has 0 unspecified atom stereocenters. The predicted molar refractivity (Wildman–Crippen MR) is 102 cm³/mol. The average Bonchev–Trinajstić information content (AvgIpc) is 3.20. The molecule has 0 spiro atoms. The molecule has 1 aromatic carbocycles. The lowest BCUT2D eigenvalue weighted by Crippen LogP contribution is -2.42. The molecule has 146 valence electrons. The van der Waals surface area contributed by atoms with Gasteiger partial charge in [-0.1, -0.05) is 18.2 Å². The molecule has 0 aliphatic rings. The number of ether oxygens (including phenoxy) is 1. The van der Waals surface area contributed by atoms with E-state index in [0.717, 1.165) is 27.0 Å². The van der Waals surface area contributed by atoms with E-state index < -0.39 is 15.9 Å². The molecule has 0 aliphatic heterocycles. The molecule has 0 aliphatic carbocycles. The van der Waals surface area contributed by atoms with Crippen molar-refractivity contribution in [2.24, 2.45) is 0 Å². The summed E-state index contributed by atoms with van der Waals surface area (Å²) in [7, 11) is -0.811. The first kappa shape index (κ1) is 20.9. The van der Waals surface area contributed by atoms with E-state index in [0.29, 0.717) is 6.54 Å². The molecule has 0 saturated carbocycles. The number of rotatable bonds is 9. The molecule has 0 saturated heterocycles. The number of nitrogens with zero attached hydrogens (tertiary/aromatic N) is 1. The monoisotopic (exact) mass is 411 g/mol. The standard InChI is InChI=1S/C17H21N3O5S2/c1-20(27(23,24)17-4-3-9-26-17)12-16(22)19-11-15(21)18-10-13-5-7-14(25-2)8-6-13/h3-9H,10-12H2,1-2H3,(H,18,21)(H,19,22). The van der Waals surface area contributed by atoms with Crippen LogP contribution in [0.5, 0.6) is 5.75 Å². The molecule has 2 aromatic rings. The second-order valence-electron chi connectivity index (χ2n) is 5.59. The van der Waals surface area contributed by atoms with Crippen LogP contribution in [-0.4, -0.2) is 51.8 Å². The minimum absolute atomic E-state index is 0.162. The highest BCUT2D eigenvalue weighted by Gasteiger charge is 2.23. The maximum Gasteiger partial charge on any atom is 0.252 e. The first-order chi connectivity index (χ1) is 12.8. The molecule has 10 heteroatoms. The third-order valence-corrected chi connectivity index (χ3v) is 6.80. The molecule has 0 atom stereocenters. The Bertz CT molecular complexity index is 864. The Morgan fingerprint density at radius 1 is 1.11 bits per heavy atom. The molecule has 0 fully saturated rings. The molecule has 2 N–H and O–H groups in total. The van der Waals surface area contributed by atoms with Gasteiger partial charge in [0.05, 0.1) is 20.2 Å². The second-order valence-corrected chi connectivity index (χ2v) is 8.81. The Balaban J connectivity index is 1.75. The third kappa shape index (κ3) is 6.05. The van der Waals surface area contributed by atoms with Crippen LogP contribution in [0.3, 0.4) is 0 Å².